The molecule has 3 aromatic rings. The highest BCUT2D eigenvalue weighted by Gasteiger charge is 2.27. The summed E-state index contributed by atoms with van der Waals surface area (Å²) in [6.45, 7) is 5.82. The molecule has 156 valence electrons. The number of ether oxygens (including phenoxy) is 1. The zero-order valence-corrected chi connectivity index (χ0v) is 17.7. The third kappa shape index (κ3) is 4.03. The van der Waals surface area contributed by atoms with E-state index < -0.39 is 5.97 Å². The SMILES string of the molecule is Cc1c(-c2noc(-c3cnc(OC(C)C)c(Cl)c3)n2)ccc2c1CC(CC(=O)O)C2. The normalized spacial score (nSPS) is 15.4. The van der Waals surface area contributed by atoms with E-state index in [4.69, 9.17) is 26.0 Å². The maximum atomic E-state index is 11.1. The quantitative estimate of drug-likeness (QED) is 0.606. The average Bonchev–Trinajstić information content (AvgIpc) is 3.30. The van der Waals surface area contributed by atoms with Gasteiger partial charge in [0.05, 0.1) is 11.7 Å². The molecule has 4 rings (SSSR count). The van der Waals surface area contributed by atoms with E-state index in [1.165, 1.54) is 11.1 Å². The number of hydrogen-bond donors (Lipinski definition) is 1. The van der Waals surface area contributed by atoms with Crippen LogP contribution in [-0.4, -0.2) is 32.3 Å². The van der Waals surface area contributed by atoms with Crippen LogP contribution >= 0.6 is 11.6 Å². The Kier molecular flexibility index (Phi) is 5.47. The third-order valence-electron chi connectivity index (χ3n) is 5.23. The number of pyridine rings is 1. The Balaban J connectivity index is 1.60. The zero-order chi connectivity index (χ0) is 21.4. The van der Waals surface area contributed by atoms with Crippen molar-refractivity contribution in [1.29, 1.82) is 0 Å². The molecular weight excluding hydrogens is 406 g/mol. The molecule has 1 aliphatic rings. The number of aliphatic carboxylic acids is 1. The van der Waals surface area contributed by atoms with Gasteiger partial charge in [-0.2, -0.15) is 4.98 Å². The zero-order valence-electron chi connectivity index (χ0n) is 17.0. The fraction of sp³-hybridized carbons (Fsp3) is 0.364. The molecule has 1 aromatic carbocycles. The Bertz CT molecular complexity index is 1110. The fourth-order valence-corrected chi connectivity index (χ4v) is 4.11. The molecule has 2 heterocycles. The monoisotopic (exact) mass is 427 g/mol. The van der Waals surface area contributed by atoms with E-state index in [9.17, 15) is 4.79 Å². The van der Waals surface area contributed by atoms with Crippen LogP contribution in [0.2, 0.25) is 5.02 Å². The lowest BCUT2D eigenvalue weighted by atomic mass is 9.98. The minimum atomic E-state index is -0.759. The summed E-state index contributed by atoms with van der Waals surface area (Å²) >= 11 is 6.27. The number of halogens is 1. The number of rotatable bonds is 6. The predicted octanol–water partition coefficient (Wildman–Crippen LogP) is 4.74. The van der Waals surface area contributed by atoms with Crippen molar-refractivity contribution >= 4 is 17.6 Å². The van der Waals surface area contributed by atoms with Crippen molar-refractivity contribution in [3.63, 3.8) is 0 Å². The van der Waals surface area contributed by atoms with Crippen LogP contribution < -0.4 is 4.74 Å². The third-order valence-corrected chi connectivity index (χ3v) is 5.50. The van der Waals surface area contributed by atoms with Gasteiger partial charge in [-0.05, 0) is 62.3 Å². The van der Waals surface area contributed by atoms with Crippen LogP contribution in [0.1, 0.15) is 37.0 Å². The van der Waals surface area contributed by atoms with Crippen molar-refractivity contribution in [1.82, 2.24) is 15.1 Å². The highest BCUT2D eigenvalue weighted by Crippen LogP contribution is 2.36. The molecule has 1 aliphatic carbocycles. The minimum absolute atomic E-state index is 0.0336. The van der Waals surface area contributed by atoms with Crippen molar-refractivity contribution in [2.24, 2.45) is 5.92 Å². The summed E-state index contributed by atoms with van der Waals surface area (Å²) in [5.41, 5.74) is 4.92. The van der Waals surface area contributed by atoms with E-state index in [0.29, 0.717) is 28.2 Å². The van der Waals surface area contributed by atoms with Crippen molar-refractivity contribution < 1.29 is 19.2 Å². The van der Waals surface area contributed by atoms with Gasteiger partial charge in [-0.1, -0.05) is 28.9 Å². The Morgan fingerprint density at radius 2 is 2.17 bits per heavy atom. The highest BCUT2D eigenvalue weighted by atomic mass is 35.5. The molecule has 8 heteroatoms. The predicted molar refractivity (Wildman–Crippen MR) is 112 cm³/mol. The highest BCUT2D eigenvalue weighted by molar-refractivity contribution is 6.32. The molecule has 0 aliphatic heterocycles. The Morgan fingerprint density at radius 1 is 1.37 bits per heavy atom. The molecule has 0 saturated carbocycles. The lowest BCUT2D eigenvalue weighted by Gasteiger charge is -2.10. The van der Waals surface area contributed by atoms with Crippen molar-refractivity contribution in [3.05, 3.63) is 46.1 Å². The summed E-state index contributed by atoms with van der Waals surface area (Å²) in [6, 6.07) is 5.69. The van der Waals surface area contributed by atoms with E-state index in [-0.39, 0.29) is 18.4 Å². The molecule has 2 aromatic heterocycles. The summed E-state index contributed by atoms with van der Waals surface area (Å²) in [7, 11) is 0. The minimum Gasteiger partial charge on any atom is -0.481 e. The topological polar surface area (TPSA) is 98.3 Å². The molecule has 0 spiro atoms. The van der Waals surface area contributed by atoms with Crippen LogP contribution in [0.5, 0.6) is 5.88 Å². The van der Waals surface area contributed by atoms with Crippen LogP contribution in [0.4, 0.5) is 0 Å². The van der Waals surface area contributed by atoms with Gasteiger partial charge in [0.1, 0.15) is 5.02 Å². The Hall–Kier alpha value is -2.93. The standard InChI is InChI=1S/C22H22ClN3O4/c1-11(2)29-22-18(23)9-15(10-24-22)21-25-20(26-30-21)16-5-4-14-6-13(8-19(27)28)7-17(14)12(16)3/h4-5,9-11,13H,6-8H2,1-3H3,(H,27,28). The number of aromatic nitrogens is 3. The number of hydrogen-bond acceptors (Lipinski definition) is 6. The van der Waals surface area contributed by atoms with Gasteiger partial charge in [-0.25, -0.2) is 4.98 Å². The molecular formula is C22H22ClN3O4. The molecule has 0 amide bonds. The summed E-state index contributed by atoms with van der Waals surface area (Å²) in [4.78, 5) is 19.8. The van der Waals surface area contributed by atoms with Gasteiger partial charge in [-0.3, -0.25) is 4.79 Å². The summed E-state index contributed by atoms with van der Waals surface area (Å²) in [6.07, 6.45) is 3.28. The number of carboxylic acids is 1. The molecule has 30 heavy (non-hydrogen) atoms. The van der Waals surface area contributed by atoms with E-state index in [1.807, 2.05) is 32.9 Å². The van der Waals surface area contributed by atoms with E-state index in [1.54, 1.807) is 12.3 Å². The first-order valence-electron chi connectivity index (χ1n) is 9.81. The molecule has 0 saturated heterocycles. The lowest BCUT2D eigenvalue weighted by Crippen LogP contribution is -2.07. The smallest absolute Gasteiger partial charge is 0.303 e. The first kappa shape index (κ1) is 20.3. The van der Waals surface area contributed by atoms with Gasteiger partial charge in [-0.15, -0.1) is 0 Å². The second-order valence-corrected chi connectivity index (χ2v) is 8.26. The van der Waals surface area contributed by atoms with Gasteiger partial charge in [0.15, 0.2) is 0 Å². The van der Waals surface area contributed by atoms with Crippen molar-refractivity contribution in [2.45, 2.75) is 46.1 Å². The number of fused-ring (bicyclic) bond motifs is 1. The number of carboxylic acid groups (broad SMARTS) is 1. The number of carbonyl (C=O) groups is 1. The van der Waals surface area contributed by atoms with Crippen LogP contribution in [0, 0.1) is 12.8 Å². The molecule has 1 N–H and O–H groups in total. The summed E-state index contributed by atoms with van der Waals surface area (Å²) in [5, 5.41) is 13.6. The Morgan fingerprint density at radius 3 is 2.87 bits per heavy atom. The van der Waals surface area contributed by atoms with E-state index in [0.717, 1.165) is 24.0 Å². The van der Waals surface area contributed by atoms with Gasteiger partial charge >= 0.3 is 5.97 Å². The van der Waals surface area contributed by atoms with Crippen LogP contribution in [-0.2, 0) is 17.6 Å². The number of nitrogens with zero attached hydrogens (tertiary/aromatic N) is 3. The molecule has 1 atom stereocenters. The number of benzene rings is 1. The first-order chi connectivity index (χ1) is 14.3. The molecule has 1 unspecified atom stereocenters. The summed E-state index contributed by atoms with van der Waals surface area (Å²) < 4.78 is 11.0. The van der Waals surface area contributed by atoms with Crippen LogP contribution in [0.25, 0.3) is 22.8 Å². The van der Waals surface area contributed by atoms with Crippen molar-refractivity contribution in [3.8, 4) is 28.7 Å². The fourth-order valence-electron chi connectivity index (χ4n) is 3.90. The maximum absolute atomic E-state index is 11.1. The van der Waals surface area contributed by atoms with Gasteiger partial charge in [0.2, 0.25) is 11.7 Å². The largest absolute Gasteiger partial charge is 0.481 e. The maximum Gasteiger partial charge on any atom is 0.303 e. The van der Waals surface area contributed by atoms with Crippen LogP contribution in [0.3, 0.4) is 0 Å². The molecule has 0 fully saturated rings. The van der Waals surface area contributed by atoms with Crippen molar-refractivity contribution in [2.75, 3.05) is 0 Å². The van der Waals surface area contributed by atoms with Gasteiger partial charge in [0, 0.05) is 18.2 Å². The van der Waals surface area contributed by atoms with E-state index >= 15 is 0 Å². The second kappa shape index (κ2) is 8.07. The molecule has 7 nitrogen and oxygen atoms in total. The average molecular weight is 428 g/mol. The van der Waals surface area contributed by atoms with Gasteiger partial charge in [0.25, 0.3) is 5.89 Å². The van der Waals surface area contributed by atoms with E-state index in [2.05, 4.69) is 15.1 Å². The molecule has 0 bridgehead atoms. The lowest BCUT2D eigenvalue weighted by molar-refractivity contribution is -0.138. The summed E-state index contributed by atoms with van der Waals surface area (Å²) in [5.74, 6) is 0.531. The van der Waals surface area contributed by atoms with Crippen LogP contribution in [0.15, 0.2) is 28.9 Å². The molecule has 0 radical (unpaired) electrons. The first-order valence-corrected chi connectivity index (χ1v) is 10.2. The second-order valence-electron chi connectivity index (χ2n) is 7.85. The Labute approximate surface area is 179 Å². The van der Waals surface area contributed by atoms with Gasteiger partial charge < -0.3 is 14.4 Å².